The highest BCUT2D eigenvalue weighted by Crippen LogP contribution is 2.19. The summed E-state index contributed by atoms with van der Waals surface area (Å²) in [7, 11) is 0. The first-order chi connectivity index (χ1) is 11.1. The lowest BCUT2D eigenvalue weighted by Gasteiger charge is -2.33. The van der Waals surface area contributed by atoms with E-state index in [-0.39, 0.29) is 11.3 Å². The molecule has 1 amide bonds. The van der Waals surface area contributed by atoms with Gasteiger partial charge >= 0.3 is 6.09 Å². The number of hydrogen-bond acceptors (Lipinski definition) is 5. The Balaban J connectivity index is 2.70. The lowest BCUT2D eigenvalue weighted by atomic mass is 9.92. The lowest BCUT2D eigenvalue weighted by molar-refractivity contribution is 0.0506. The van der Waals surface area contributed by atoms with Gasteiger partial charge in [0, 0.05) is 24.3 Å². The van der Waals surface area contributed by atoms with Gasteiger partial charge in [0.2, 0.25) is 0 Å². The van der Waals surface area contributed by atoms with E-state index in [1.165, 1.54) is 0 Å². The van der Waals surface area contributed by atoms with Crippen LogP contribution in [-0.2, 0) is 11.3 Å². The molecule has 0 aromatic carbocycles. The number of alkyl carbamates (subject to hydrolysis) is 1. The predicted molar refractivity (Wildman–Crippen MR) is 95.0 cm³/mol. The quantitative estimate of drug-likeness (QED) is 0.711. The van der Waals surface area contributed by atoms with E-state index in [0.717, 1.165) is 18.5 Å². The number of carbonyl (C=O) groups excluding carboxylic acids is 1. The fourth-order valence-corrected chi connectivity index (χ4v) is 2.37. The predicted octanol–water partition coefficient (Wildman–Crippen LogP) is 3.27. The Morgan fingerprint density at radius 1 is 1.25 bits per heavy atom. The molecule has 0 spiro atoms. The molecule has 0 fully saturated rings. The van der Waals surface area contributed by atoms with Crippen LogP contribution >= 0.6 is 0 Å². The number of aromatic nitrogens is 1. The molecule has 1 aromatic heterocycles. The van der Waals surface area contributed by atoms with E-state index in [1.807, 2.05) is 27.7 Å². The molecule has 0 aliphatic carbocycles. The maximum atomic E-state index is 11.9. The monoisotopic (exact) mass is 337 g/mol. The van der Waals surface area contributed by atoms with E-state index in [0.29, 0.717) is 18.8 Å². The van der Waals surface area contributed by atoms with Crippen LogP contribution in [-0.4, -0.2) is 33.9 Å². The second-order valence-electron chi connectivity index (χ2n) is 7.11. The molecule has 1 aromatic rings. The highest BCUT2D eigenvalue weighted by molar-refractivity contribution is 5.67. The van der Waals surface area contributed by atoms with Crippen LogP contribution in [0.4, 0.5) is 4.79 Å². The number of carbonyl (C=O) groups is 1. The summed E-state index contributed by atoms with van der Waals surface area (Å²) in [6, 6.07) is 3.42. The van der Waals surface area contributed by atoms with Gasteiger partial charge in [-0.3, -0.25) is 4.98 Å². The van der Waals surface area contributed by atoms with Crippen molar-refractivity contribution >= 4 is 6.09 Å². The van der Waals surface area contributed by atoms with E-state index < -0.39 is 11.7 Å². The van der Waals surface area contributed by atoms with Gasteiger partial charge in [0.15, 0.2) is 0 Å². The topological polar surface area (TPSA) is 83.5 Å². The van der Waals surface area contributed by atoms with Crippen LogP contribution in [0.2, 0.25) is 0 Å². The SMILES string of the molecule is CCC(CC)(CNC(=O)OC(C)(C)C)NCc1nc(C)ccc1O. The smallest absolute Gasteiger partial charge is 0.407 e. The first-order valence-corrected chi connectivity index (χ1v) is 8.48. The van der Waals surface area contributed by atoms with Crippen LogP contribution in [0.15, 0.2) is 12.1 Å². The summed E-state index contributed by atoms with van der Waals surface area (Å²) >= 11 is 0. The van der Waals surface area contributed by atoms with Crippen LogP contribution in [0.25, 0.3) is 0 Å². The van der Waals surface area contributed by atoms with Gasteiger partial charge in [0.1, 0.15) is 11.4 Å². The van der Waals surface area contributed by atoms with Crippen LogP contribution in [0.1, 0.15) is 58.8 Å². The Labute approximate surface area is 145 Å². The van der Waals surface area contributed by atoms with E-state index in [1.54, 1.807) is 12.1 Å². The van der Waals surface area contributed by atoms with Crippen LogP contribution in [0.3, 0.4) is 0 Å². The fraction of sp³-hybridized carbons (Fsp3) is 0.667. The lowest BCUT2D eigenvalue weighted by Crippen LogP contribution is -2.53. The number of aromatic hydroxyl groups is 1. The van der Waals surface area contributed by atoms with Crippen LogP contribution < -0.4 is 10.6 Å². The van der Waals surface area contributed by atoms with Crippen LogP contribution in [0.5, 0.6) is 5.75 Å². The standard InChI is InChI=1S/C18H31N3O3/c1-7-18(8-2,12-19-16(23)24-17(4,5)6)20-11-14-15(22)10-9-13(3)21-14/h9-10,20,22H,7-8,11-12H2,1-6H3,(H,19,23). The molecule has 24 heavy (non-hydrogen) atoms. The number of hydrogen-bond donors (Lipinski definition) is 3. The molecule has 6 heteroatoms. The third-order valence-electron chi connectivity index (χ3n) is 4.04. The zero-order chi connectivity index (χ0) is 18.4. The van der Waals surface area contributed by atoms with Crippen molar-refractivity contribution < 1.29 is 14.6 Å². The summed E-state index contributed by atoms with van der Waals surface area (Å²) < 4.78 is 5.29. The van der Waals surface area contributed by atoms with Crippen molar-refractivity contribution in [2.75, 3.05) is 6.54 Å². The van der Waals surface area contributed by atoms with E-state index in [2.05, 4.69) is 29.5 Å². The molecule has 0 aliphatic heterocycles. The van der Waals surface area contributed by atoms with Crippen molar-refractivity contribution in [3.8, 4) is 5.75 Å². The number of amides is 1. The Hall–Kier alpha value is -1.82. The molecular formula is C18H31N3O3. The van der Waals surface area contributed by atoms with Gasteiger partial charge in [0.05, 0.1) is 5.69 Å². The molecule has 136 valence electrons. The van der Waals surface area contributed by atoms with Gasteiger partial charge in [-0.2, -0.15) is 0 Å². The summed E-state index contributed by atoms with van der Waals surface area (Å²) in [5, 5.41) is 16.2. The number of nitrogens with one attached hydrogen (secondary N) is 2. The summed E-state index contributed by atoms with van der Waals surface area (Å²) in [4.78, 5) is 16.3. The van der Waals surface area contributed by atoms with Gasteiger partial charge < -0.3 is 20.5 Å². The van der Waals surface area contributed by atoms with Gasteiger partial charge in [-0.1, -0.05) is 13.8 Å². The molecule has 0 radical (unpaired) electrons. The third kappa shape index (κ3) is 6.35. The summed E-state index contributed by atoms with van der Waals surface area (Å²) in [5.74, 6) is 0.175. The van der Waals surface area contributed by atoms with Crippen molar-refractivity contribution in [3.05, 3.63) is 23.5 Å². The maximum absolute atomic E-state index is 11.9. The number of ether oxygens (including phenoxy) is 1. The minimum Gasteiger partial charge on any atom is -0.506 e. The number of pyridine rings is 1. The normalized spacial score (nSPS) is 12.1. The molecule has 1 heterocycles. The van der Waals surface area contributed by atoms with Crippen molar-refractivity contribution in [1.29, 1.82) is 0 Å². The Bertz CT molecular complexity index is 549. The first-order valence-electron chi connectivity index (χ1n) is 8.48. The molecule has 0 aliphatic rings. The Morgan fingerprint density at radius 2 is 1.88 bits per heavy atom. The highest BCUT2D eigenvalue weighted by Gasteiger charge is 2.27. The van der Waals surface area contributed by atoms with Crippen LogP contribution in [0, 0.1) is 6.92 Å². The van der Waals surface area contributed by atoms with E-state index in [9.17, 15) is 9.90 Å². The Kier molecular flexibility index (Phi) is 7.02. The average molecular weight is 337 g/mol. The second kappa shape index (κ2) is 8.33. The van der Waals surface area contributed by atoms with Gasteiger partial charge in [-0.05, 0) is 52.7 Å². The summed E-state index contributed by atoms with van der Waals surface area (Å²) in [6.45, 7) is 12.4. The van der Waals surface area contributed by atoms with E-state index >= 15 is 0 Å². The minimum absolute atomic E-state index is 0.175. The van der Waals surface area contributed by atoms with Gasteiger partial charge in [0.25, 0.3) is 0 Å². The molecule has 0 saturated carbocycles. The maximum Gasteiger partial charge on any atom is 0.407 e. The highest BCUT2D eigenvalue weighted by atomic mass is 16.6. The van der Waals surface area contributed by atoms with Crippen molar-refractivity contribution in [2.24, 2.45) is 0 Å². The molecule has 1 rings (SSSR count). The minimum atomic E-state index is -0.518. The molecule has 0 bridgehead atoms. The van der Waals surface area contributed by atoms with Crippen molar-refractivity contribution in [3.63, 3.8) is 0 Å². The zero-order valence-corrected chi connectivity index (χ0v) is 15.7. The van der Waals surface area contributed by atoms with E-state index in [4.69, 9.17) is 4.74 Å². The van der Waals surface area contributed by atoms with Crippen molar-refractivity contribution in [2.45, 2.75) is 72.1 Å². The van der Waals surface area contributed by atoms with Crippen molar-refractivity contribution in [1.82, 2.24) is 15.6 Å². The number of rotatable bonds is 7. The Morgan fingerprint density at radius 3 is 2.42 bits per heavy atom. The average Bonchev–Trinajstić information content (AvgIpc) is 2.49. The molecule has 3 N–H and O–H groups in total. The molecular weight excluding hydrogens is 306 g/mol. The summed E-state index contributed by atoms with van der Waals surface area (Å²) in [5.41, 5.74) is 0.665. The van der Waals surface area contributed by atoms with Gasteiger partial charge in [-0.15, -0.1) is 0 Å². The van der Waals surface area contributed by atoms with Gasteiger partial charge in [-0.25, -0.2) is 4.79 Å². The first kappa shape index (κ1) is 20.2. The molecule has 0 unspecified atom stereocenters. The number of nitrogens with zero attached hydrogens (tertiary/aromatic N) is 1. The molecule has 0 atom stereocenters. The zero-order valence-electron chi connectivity index (χ0n) is 15.7. The molecule has 0 saturated heterocycles. The summed E-state index contributed by atoms with van der Waals surface area (Å²) in [6.07, 6.45) is 1.23. The largest absolute Gasteiger partial charge is 0.506 e. The molecule has 6 nitrogen and oxygen atoms in total. The number of aryl methyl sites for hydroxylation is 1. The fourth-order valence-electron chi connectivity index (χ4n) is 2.37. The third-order valence-corrected chi connectivity index (χ3v) is 4.04. The second-order valence-corrected chi connectivity index (χ2v) is 7.11.